The molecule has 0 aromatic heterocycles. The van der Waals surface area contributed by atoms with Gasteiger partial charge in [0.1, 0.15) is 11.6 Å². The van der Waals surface area contributed by atoms with Crippen molar-refractivity contribution in [1.82, 2.24) is 10.3 Å². The molecule has 0 saturated carbocycles. The second-order valence-electron chi connectivity index (χ2n) is 5.75. The molecule has 0 heterocycles. The van der Waals surface area contributed by atoms with Gasteiger partial charge >= 0.3 is 12.0 Å². The van der Waals surface area contributed by atoms with E-state index in [0.717, 1.165) is 7.05 Å². The van der Waals surface area contributed by atoms with Gasteiger partial charge in [-0.05, 0) is 33.6 Å². The number of nitrogens with two attached hydrogens (primary N) is 2. The SMILES string of the molecule is CN(C(=O)[C@H](CCCN=C(N)N)NC(=O)OC(C)(C)C)[N+](=O)[O-]. The Bertz CT molecular complexity index is 469. The van der Waals surface area contributed by atoms with Crippen LogP contribution in [0.1, 0.15) is 33.6 Å². The molecule has 0 aliphatic carbocycles. The van der Waals surface area contributed by atoms with Gasteiger partial charge in [0.05, 0.1) is 7.05 Å². The molecule has 0 unspecified atom stereocenters. The Morgan fingerprint density at radius 2 is 1.96 bits per heavy atom. The minimum atomic E-state index is -1.12. The van der Waals surface area contributed by atoms with Gasteiger partial charge in [-0.2, -0.15) is 0 Å². The molecule has 11 nitrogen and oxygen atoms in total. The first-order valence-electron chi connectivity index (χ1n) is 6.91. The van der Waals surface area contributed by atoms with Crippen molar-refractivity contribution in [2.45, 2.75) is 45.3 Å². The van der Waals surface area contributed by atoms with E-state index in [1.807, 2.05) is 0 Å². The molecule has 0 spiro atoms. The standard InChI is InChI=1S/C12H24N6O5/c1-12(2,3)23-11(20)16-8(6-5-7-15-10(13)14)9(19)17(4)18(21)22/h8H,5-7H2,1-4H3,(H,16,20)(H4,13,14,15)/t8-/m0/s1. The molecule has 11 heteroatoms. The highest BCUT2D eigenvalue weighted by molar-refractivity contribution is 5.84. The van der Waals surface area contributed by atoms with Gasteiger partial charge in [-0.1, -0.05) is 5.01 Å². The van der Waals surface area contributed by atoms with Crippen molar-refractivity contribution in [3.63, 3.8) is 0 Å². The summed E-state index contributed by atoms with van der Waals surface area (Å²) in [7, 11) is 1.00. The predicted molar refractivity (Wildman–Crippen MR) is 82.8 cm³/mol. The van der Waals surface area contributed by atoms with Crippen molar-refractivity contribution in [3.8, 4) is 0 Å². The van der Waals surface area contributed by atoms with Crippen LogP contribution in [0.15, 0.2) is 4.99 Å². The molecule has 1 atom stereocenters. The molecule has 2 amide bonds. The third-order valence-corrected chi connectivity index (χ3v) is 2.50. The number of hydrazine groups is 1. The maximum Gasteiger partial charge on any atom is 0.408 e. The predicted octanol–water partition coefficient (Wildman–Crippen LogP) is -0.417. The van der Waals surface area contributed by atoms with Crippen molar-refractivity contribution < 1.29 is 19.4 Å². The Labute approximate surface area is 134 Å². The first kappa shape index (κ1) is 20.4. The molecule has 0 fully saturated rings. The van der Waals surface area contributed by atoms with Crippen LogP contribution in [0.5, 0.6) is 0 Å². The first-order chi connectivity index (χ1) is 10.4. The average Bonchev–Trinajstić information content (AvgIpc) is 2.37. The summed E-state index contributed by atoms with van der Waals surface area (Å²) in [4.78, 5) is 38.2. The average molecular weight is 332 g/mol. The van der Waals surface area contributed by atoms with Gasteiger partial charge in [-0.15, -0.1) is 0 Å². The van der Waals surface area contributed by atoms with Gasteiger partial charge in [0, 0.05) is 6.54 Å². The number of nitro groups is 1. The first-order valence-corrected chi connectivity index (χ1v) is 6.91. The summed E-state index contributed by atoms with van der Waals surface area (Å²) in [5.41, 5.74) is 9.60. The smallest absolute Gasteiger partial charge is 0.408 e. The quantitative estimate of drug-likeness (QED) is 0.187. The highest BCUT2D eigenvalue weighted by Crippen LogP contribution is 2.09. The normalized spacial score (nSPS) is 12.0. The van der Waals surface area contributed by atoms with Crippen molar-refractivity contribution in [2.75, 3.05) is 13.6 Å². The number of carbonyl (C=O) groups excluding carboxylic acids is 2. The van der Waals surface area contributed by atoms with Crippen LogP contribution in [0, 0.1) is 10.1 Å². The van der Waals surface area contributed by atoms with Crippen LogP contribution in [0.4, 0.5) is 4.79 Å². The number of alkyl carbamates (subject to hydrolysis) is 1. The summed E-state index contributed by atoms with van der Waals surface area (Å²) in [6, 6.07) is -1.12. The zero-order valence-electron chi connectivity index (χ0n) is 13.7. The highest BCUT2D eigenvalue weighted by Gasteiger charge is 2.30. The molecule has 0 saturated heterocycles. The second kappa shape index (κ2) is 8.76. The number of carbonyl (C=O) groups is 2. The molecule has 0 radical (unpaired) electrons. The third-order valence-electron chi connectivity index (χ3n) is 2.50. The van der Waals surface area contributed by atoms with Crippen LogP contribution in [0.2, 0.25) is 0 Å². The van der Waals surface area contributed by atoms with E-state index in [1.54, 1.807) is 20.8 Å². The molecule has 0 aromatic rings. The molecular weight excluding hydrogens is 308 g/mol. The van der Waals surface area contributed by atoms with E-state index in [9.17, 15) is 19.7 Å². The largest absolute Gasteiger partial charge is 0.444 e. The maximum atomic E-state index is 12.0. The number of rotatable bonds is 7. The van der Waals surface area contributed by atoms with E-state index in [0.29, 0.717) is 11.4 Å². The fourth-order valence-electron chi connectivity index (χ4n) is 1.52. The topological polar surface area (TPSA) is 166 Å². The summed E-state index contributed by atoms with van der Waals surface area (Å²) < 4.78 is 5.04. The van der Waals surface area contributed by atoms with E-state index in [4.69, 9.17) is 16.2 Å². The molecule has 0 aliphatic rings. The Balaban J connectivity index is 4.85. The summed E-state index contributed by atoms with van der Waals surface area (Å²) in [6.07, 6.45) is -0.377. The number of nitrogens with one attached hydrogen (secondary N) is 1. The molecule has 0 rings (SSSR count). The van der Waals surface area contributed by atoms with Gasteiger partial charge in [0.15, 0.2) is 11.0 Å². The van der Waals surface area contributed by atoms with Gasteiger partial charge in [-0.25, -0.2) is 14.9 Å². The van der Waals surface area contributed by atoms with E-state index in [2.05, 4.69) is 10.3 Å². The Kier molecular flexibility index (Phi) is 7.77. The van der Waals surface area contributed by atoms with Crippen LogP contribution in [0.3, 0.4) is 0 Å². The molecule has 0 aromatic carbocycles. The number of hydrogen-bond acceptors (Lipinski definition) is 6. The fourth-order valence-corrected chi connectivity index (χ4v) is 1.52. The molecule has 132 valence electrons. The van der Waals surface area contributed by atoms with Crippen molar-refractivity contribution in [1.29, 1.82) is 0 Å². The molecule has 5 N–H and O–H groups in total. The highest BCUT2D eigenvalue weighted by atomic mass is 16.7. The molecule has 0 aliphatic heterocycles. The second-order valence-corrected chi connectivity index (χ2v) is 5.75. The van der Waals surface area contributed by atoms with E-state index < -0.39 is 28.7 Å². The van der Waals surface area contributed by atoms with Gasteiger partial charge < -0.3 is 21.5 Å². The summed E-state index contributed by atoms with van der Waals surface area (Å²) in [6.45, 7) is 5.20. The molecule has 0 bridgehead atoms. The zero-order valence-corrected chi connectivity index (χ0v) is 13.7. The van der Waals surface area contributed by atoms with Crippen LogP contribution in [-0.2, 0) is 9.53 Å². The lowest BCUT2D eigenvalue weighted by molar-refractivity contribution is -0.628. The lowest BCUT2D eigenvalue weighted by Crippen LogP contribution is -2.50. The van der Waals surface area contributed by atoms with Crippen LogP contribution >= 0.6 is 0 Å². The summed E-state index contributed by atoms with van der Waals surface area (Å²) >= 11 is 0. The van der Waals surface area contributed by atoms with Crippen molar-refractivity contribution in [3.05, 3.63) is 10.1 Å². The Hall–Kier alpha value is -2.59. The number of guanidine groups is 1. The number of likely N-dealkylation sites (N-methyl/N-ethyl adjacent to an activating group) is 1. The van der Waals surface area contributed by atoms with Crippen LogP contribution in [-0.4, -0.2) is 53.2 Å². The van der Waals surface area contributed by atoms with Crippen molar-refractivity contribution >= 4 is 18.0 Å². The van der Waals surface area contributed by atoms with E-state index in [1.165, 1.54) is 0 Å². The Morgan fingerprint density at radius 3 is 2.39 bits per heavy atom. The van der Waals surface area contributed by atoms with E-state index >= 15 is 0 Å². The van der Waals surface area contributed by atoms with Gasteiger partial charge in [-0.3, -0.25) is 9.79 Å². The maximum absolute atomic E-state index is 12.0. The van der Waals surface area contributed by atoms with Crippen molar-refractivity contribution in [2.24, 2.45) is 16.5 Å². The summed E-state index contributed by atoms with van der Waals surface area (Å²) in [5.74, 6) is -0.971. The number of aliphatic imine (C=N–C) groups is 1. The number of hydrogen-bond donors (Lipinski definition) is 3. The fraction of sp³-hybridized carbons (Fsp3) is 0.750. The number of ether oxygens (including phenoxy) is 1. The number of amides is 2. The van der Waals surface area contributed by atoms with E-state index in [-0.39, 0.29) is 18.9 Å². The Morgan fingerprint density at radius 1 is 1.39 bits per heavy atom. The molecule has 23 heavy (non-hydrogen) atoms. The lowest BCUT2D eigenvalue weighted by Gasteiger charge is -2.23. The number of nitrogens with zero attached hydrogens (tertiary/aromatic N) is 3. The monoisotopic (exact) mass is 332 g/mol. The zero-order chi connectivity index (χ0) is 18.2. The molecular formula is C12H24N6O5. The van der Waals surface area contributed by atoms with Gasteiger partial charge in [0.25, 0.3) is 0 Å². The summed E-state index contributed by atoms with van der Waals surface area (Å²) in [5, 5.41) is 12.5. The third kappa shape index (κ3) is 9.11. The minimum absolute atomic E-state index is 0.101. The minimum Gasteiger partial charge on any atom is -0.444 e. The lowest BCUT2D eigenvalue weighted by atomic mass is 10.1. The van der Waals surface area contributed by atoms with Gasteiger partial charge in [0.2, 0.25) is 0 Å². The van der Waals surface area contributed by atoms with Crippen LogP contribution < -0.4 is 16.8 Å². The van der Waals surface area contributed by atoms with Crippen LogP contribution in [0.25, 0.3) is 0 Å².